The Labute approximate surface area is 101 Å². The number of carboxylic acids is 1. The molecule has 0 aliphatic carbocycles. The van der Waals surface area contributed by atoms with Crippen molar-refractivity contribution in [2.24, 2.45) is 0 Å². The number of hydrogen-bond donors (Lipinski definition) is 2. The maximum absolute atomic E-state index is 10.5. The molecule has 98 valence electrons. The second-order valence-corrected chi connectivity index (χ2v) is 3.11. The zero-order valence-electron chi connectivity index (χ0n) is 9.48. The van der Waals surface area contributed by atoms with Gasteiger partial charge in [0.05, 0.1) is 15.4 Å². The van der Waals surface area contributed by atoms with Gasteiger partial charge in [-0.1, -0.05) is 0 Å². The fourth-order valence-corrected chi connectivity index (χ4v) is 1.05. The Kier molecular flexibility index (Phi) is 5.21. The summed E-state index contributed by atoms with van der Waals surface area (Å²) in [5, 5.41) is 37.4. The molecular weight excluding hydrogens is 248 g/mol. The Balaban J connectivity index is 0.000000631. The van der Waals surface area contributed by atoms with Crippen LogP contribution in [0.1, 0.15) is 12.5 Å². The van der Waals surface area contributed by atoms with Gasteiger partial charge in [0.1, 0.15) is 5.75 Å². The average Bonchev–Trinajstić information content (AvgIpc) is 2.19. The highest BCUT2D eigenvalue weighted by molar-refractivity contribution is 5.63. The van der Waals surface area contributed by atoms with Crippen LogP contribution in [0.2, 0.25) is 0 Å². The van der Waals surface area contributed by atoms with E-state index in [1.54, 1.807) is 0 Å². The number of benzene rings is 1. The Bertz CT molecular complexity index is 494. The van der Waals surface area contributed by atoms with Gasteiger partial charge in [-0.15, -0.1) is 0 Å². The predicted octanol–water partition coefficient (Wildman–Crippen LogP) is 1.61. The number of rotatable bonds is 2. The van der Waals surface area contributed by atoms with E-state index in [1.165, 1.54) is 6.92 Å². The van der Waals surface area contributed by atoms with Crippen LogP contribution in [0.15, 0.2) is 12.1 Å². The SMILES string of the molecule is CC(=O)O.Cc1c(O)ccc([N+](=O)[O-])c1[N+](=O)[O-]. The van der Waals surface area contributed by atoms with Crippen molar-refractivity contribution in [3.63, 3.8) is 0 Å². The minimum Gasteiger partial charge on any atom is -0.507 e. The largest absolute Gasteiger partial charge is 0.507 e. The Morgan fingerprint density at radius 3 is 2.00 bits per heavy atom. The molecule has 1 rings (SSSR count). The van der Waals surface area contributed by atoms with Crippen LogP contribution in [0.25, 0.3) is 0 Å². The molecule has 0 aliphatic rings. The minimum atomic E-state index is -0.882. The van der Waals surface area contributed by atoms with Crippen molar-refractivity contribution in [2.75, 3.05) is 0 Å². The summed E-state index contributed by atoms with van der Waals surface area (Å²) in [5.74, 6) is -1.16. The van der Waals surface area contributed by atoms with E-state index in [9.17, 15) is 20.2 Å². The molecule has 18 heavy (non-hydrogen) atoms. The Morgan fingerprint density at radius 1 is 1.22 bits per heavy atom. The zero-order chi connectivity index (χ0) is 14.5. The summed E-state index contributed by atoms with van der Waals surface area (Å²) in [4.78, 5) is 28.2. The molecule has 0 amide bonds. The lowest BCUT2D eigenvalue weighted by atomic mass is 10.1. The van der Waals surface area contributed by atoms with Gasteiger partial charge in [-0.2, -0.15) is 0 Å². The Hall–Kier alpha value is -2.71. The van der Waals surface area contributed by atoms with E-state index in [0.29, 0.717) is 0 Å². The minimum absolute atomic E-state index is 0.107. The van der Waals surface area contributed by atoms with Gasteiger partial charge in [-0.05, 0) is 13.0 Å². The summed E-state index contributed by atoms with van der Waals surface area (Å²) in [7, 11) is 0. The summed E-state index contributed by atoms with van der Waals surface area (Å²) in [6.45, 7) is 2.33. The number of carbonyl (C=O) groups is 1. The van der Waals surface area contributed by atoms with E-state index in [-0.39, 0.29) is 11.3 Å². The third-order valence-electron chi connectivity index (χ3n) is 1.76. The molecule has 1 aromatic rings. The standard InChI is InChI=1S/C7H6N2O5.C2H4O2/c1-4-6(10)3-2-5(8(11)12)7(4)9(13)14;1-2(3)4/h2-3,10H,1H3;1H3,(H,3,4). The third-order valence-corrected chi connectivity index (χ3v) is 1.76. The molecule has 0 saturated heterocycles. The lowest BCUT2D eigenvalue weighted by Gasteiger charge is -2.00. The molecule has 0 atom stereocenters. The predicted molar refractivity (Wildman–Crippen MR) is 59.5 cm³/mol. The lowest BCUT2D eigenvalue weighted by Crippen LogP contribution is -1.98. The molecule has 0 unspecified atom stereocenters. The molecule has 0 aromatic heterocycles. The van der Waals surface area contributed by atoms with Crippen molar-refractivity contribution in [3.8, 4) is 5.75 Å². The molecule has 0 radical (unpaired) electrons. The van der Waals surface area contributed by atoms with E-state index in [2.05, 4.69) is 0 Å². The quantitative estimate of drug-likeness (QED) is 0.605. The van der Waals surface area contributed by atoms with Crippen molar-refractivity contribution in [1.82, 2.24) is 0 Å². The molecule has 2 N–H and O–H groups in total. The number of aliphatic carboxylic acids is 1. The molecule has 9 nitrogen and oxygen atoms in total. The fraction of sp³-hybridized carbons (Fsp3) is 0.222. The number of phenols is 1. The van der Waals surface area contributed by atoms with Gasteiger partial charge in [0.2, 0.25) is 0 Å². The molecule has 0 fully saturated rings. The molecule has 0 aliphatic heterocycles. The fourth-order valence-electron chi connectivity index (χ4n) is 1.05. The molecule has 0 saturated carbocycles. The number of nitro groups is 2. The van der Waals surface area contributed by atoms with Crippen LogP contribution in [0.3, 0.4) is 0 Å². The van der Waals surface area contributed by atoms with E-state index in [4.69, 9.17) is 15.0 Å². The first-order chi connectivity index (χ1) is 8.18. The molecule has 1 aromatic carbocycles. The van der Waals surface area contributed by atoms with Crippen molar-refractivity contribution < 1.29 is 24.9 Å². The van der Waals surface area contributed by atoms with Crippen molar-refractivity contribution >= 4 is 17.3 Å². The Morgan fingerprint density at radius 2 is 1.67 bits per heavy atom. The van der Waals surface area contributed by atoms with Crippen LogP contribution in [0, 0.1) is 27.2 Å². The van der Waals surface area contributed by atoms with Gasteiger partial charge >= 0.3 is 11.4 Å². The molecule has 0 heterocycles. The first kappa shape index (κ1) is 15.3. The summed E-state index contributed by atoms with van der Waals surface area (Å²) >= 11 is 0. The average molecular weight is 258 g/mol. The van der Waals surface area contributed by atoms with E-state index in [0.717, 1.165) is 19.1 Å². The summed E-state index contributed by atoms with van der Waals surface area (Å²) in [6.07, 6.45) is 0. The number of nitro benzene ring substituents is 2. The lowest BCUT2D eigenvalue weighted by molar-refractivity contribution is -0.422. The number of aromatic hydroxyl groups is 1. The normalized spacial score (nSPS) is 9.00. The highest BCUT2D eigenvalue weighted by Crippen LogP contribution is 2.35. The van der Waals surface area contributed by atoms with Crippen molar-refractivity contribution in [1.29, 1.82) is 0 Å². The van der Waals surface area contributed by atoms with Gasteiger partial charge in [-0.25, -0.2) is 0 Å². The summed E-state index contributed by atoms with van der Waals surface area (Å²) < 4.78 is 0. The van der Waals surface area contributed by atoms with E-state index in [1.807, 2.05) is 0 Å². The maximum atomic E-state index is 10.5. The van der Waals surface area contributed by atoms with Gasteiger partial charge in [0, 0.05) is 13.0 Å². The highest BCUT2D eigenvalue weighted by Gasteiger charge is 2.28. The number of phenolic OH excluding ortho intramolecular Hbond substituents is 1. The zero-order valence-corrected chi connectivity index (χ0v) is 9.48. The summed E-state index contributed by atoms with van der Waals surface area (Å²) in [5.41, 5.74) is -1.40. The van der Waals surface area contributed by atoms with Crippen LogP contribution < -0.4 is 0 Å². The van der Waals surface area contributed by atoms with E-state index < -0.39 is 27.2 Å². The van der Waals surface area contributed by atoms with Crippen molar-refractivity contribution in [3.05, 3.63) is 37.9 Å². The third kappa shape index (κ3) is 4.04. The topological polar surface area (TPSA) is 144 Å². The van der Waals surface area contributed by atoms with Crippen molar-refractivity contribution in [2.45, 2.75) is 13.8 Å². The first-order valence-corrected chi connectivity index (χ1v) is 4.49. The van der Waals surface area contributed by atoms with Gasteiger partial charge in [0.25, 0.3) is 5.97 Å². The second kappa shape index (κ2) is 6.13. The highest BCUT2D eigenvalue weighted by atomic mass is 16.6. The van der Waals surface area contributed by atoms with Gasteiger partial charge in [0.15, 0.2) is 0 Å². The molecule has 9 heteroatoms. The van der Waals surface area contributed by atoms with Crippen LogP contribution in [-0.2, 0) is 4.79 Å². The van der Waals surface area contributed by atoms with Crippen LogP contribution in [0.4, 0.5) is 11.4 Å². The smallest absolute Gasteiger partial charge is 0.352 e. The molecular formula is C9H10N2O7. The van der Waals surface area contributed by atoms with Gasteiger partial charge in [-0.3, -0.25) is 25.0 Å². The number of carboxylic acid groups (broad SMARTS) is 1. The number of nitrogens with zero attached hydrogens (tertiary/aromatic N) is 2. The number of hydrogen-bond acceptors (Lipinski definition) is 6. The monoisotopic (exact) mass is 258 g/mol. The second-order valence-electron chi connectivity index (χ2n) is 3.11. The maximum Gasteiger partial charge on any atom is 0.352 e. The summed E-state index contributed by atoms with van der Waals surface area (Å²) in [6, 6.07) is 1.96. The molecule has 0 bridgehead atoms. The van der Waals surface area contributed by atoms with Crippen LogP contribution in [0.5, 0.6) is 5.75 Å². The first-order valence-electron chi connectivity index (χ1n) is 4.49. The van der Waals surface area contributed by atoms with Crippen LogP contribution in [-0.4, -0.2) is 26.0 Å². The van der Waals surface area contributed by atoms with E-state index >= 15 is 0 Å². The van der Waals surface area contributed by atoms with Crippen LogP contribution >= 0.6 is 0 Å². The molecule has 0 spiro atoms. The van der Waals surface area contributed by atoms with Gasteiger partial charge < -0.3 is 10.2 Å².